The summed E-state index contributed by atoms with van der Waals surface area (Å²) in [5.41, 5.74) is 1.77. The van der Waals surface area contributed by atoms with Crippen molar-refractivity contribution in [3.05, 3.63) is 106 Å². The molecule has 0 aliphatic rings. The van der Waals surface area contributed by atoms with E-state index in [4.69, 9.17) is 4.74 Å². The molecule has 0 atom stereocenters. The number of benzene rings is 3. The summed E-state index contributed by atoms with van der Waals surface area (Å²) < 4.78 is 6.78. The molecule has 0 unspecified atom stereocenters. The molecule has 3 rings (SSSR count). The van der Waals surface area contributed by atoms with Crippen molar-refractivity contribution in [1.29, 1.82) is 0 Å². The highest BCUT2D eigenvalue weighted by molar-refractivity contribution is 9.10. The number of carbonyl (C=O) groups is 2. The van der Waals surface area contributed by atoms with Crippen molar-refractivity contribution in [2.24, 2.45) is 0 Å². The Morgan fingerprint density at radius 2 is 1.69 bits per heavy atom. The maximum absolute atomic E-state index is 12.3. The van der Waals surface area contributed by atoms with E-state index in [0.717, 1.165) is 10.0 Å². The number of nitrogens with one attached hydrogen (secondary N) is 1. The maximum Gasteiger partial charge on any atom is 0.352 e. The van der Waals surface area contributed by atoms with Gasteiger partial charge >= 0.3 is 5.97 Å². The second-order valence-electron chi connectivity index (χ2n) is 6.17. The molecule has 6 heteroatoms. The van der Waals surface area contributed by atoms with Gasteiger partial charge in [-0.3, -0.25) is 4.79 Å². The second kappa shape index (κ2) is 9.71. The molecule has 1 amide bonds. The van der Waals surface area contributed by atoms with E-state index in [-0.39, 0.29) is 5.70 Å². The maximum atomic E-state index is 12.3. The van der Waals surface area contributed by atoms with Gasteiger partial charge in [0, 0.05) is 10.0 Å². The molecule has 0 aliphatic carbocycles. The van der Waals surface area contributed by atoms with Crippen LogP contribution >= 0.6 is 15.9 Å². The smallest absolute Gasteiger partial charge is 0.352 e. The van der Waals surface area contributed by atoms with Crippen molar-refractivity contribution < 1.29 is 19.4 Å². The number of aliphatic carboxylic acids is 1. The fourth-order valence-electron chi connectivity index (χ4n) is 2.54. The van der Waals surface area contributed by atoms with Crippen molar-refractivity contribution in [3.63, 3.8) is 0 Å². The Morgan fingerprint density at radius 1 is 0.966 bits per heavy atom. The molecule has 0 saturated carbocycles. The molecule has 29 heavy (non-hydrogen) atoms. The third-order valence-electron chi connectivity index (χ3n) is 4.00. The molecule has 0 spiro atoms. The van der Waals surface area contributed by atoms with Crippen LogP contribution in [0.5, 0.6) is 5.75 Å². The molecule has 0 fully saturated rings. The molecular weight excluding hydrogens is 434 g/mol. The van der Waals surface area contributed by atoms with E-state index in [2.05, 4.69) is 21.2 Å². The Bertz CT molecular complexity index is 1030. The first-order chi connectivity index (χ1) is 14.0. The topological polar surface area (TPSA) is 75.6 Å². The zero-order valence-corrected chi connectivity index (χ0v) is 16.9. The van der Waals surface area contributed by atoms with E-state index >= 15 is 0 Å². The number of hydrogen-bond donors (Lipinski definition) is 2. The number of halogens is 1. The van der Waals surface area contributed by atoms with Gasteiger partial charge in [-0.1, -0.05) is 58.4 Å². The lowest BCUT2D eigenvalue weighted by atomic mass is 10.1. The summed E-state index contributed by atoms with van der Waals surface area (Å²) in [7, 11) is 0. The number of rotatable bonds is 7. The SMILES string of the molecule is O=C(O)/C(=C\c1cccc(OCc2ccc(Br)cc2)c1)NC(=O)c1ccccc1. The molecule has 0 aromatic heterocycles. The number of hydrogen-bond acceptors (Lipinski definition) is 3. The monoisotopic (exact) mass is 451 g/mol. The van der Waals surface area contributed by atoms with Gasteiger partial charge < -0.3 is 15.2 Å². The van der Waals surface area contributed by atoms with Gasteiger partial charge in [-0.25, -0.2) is 4.79 Å². The third kappa shape index (κ3) is 6.05. The average Bonchev–Trinajstić information content (AvgIpc) is 2.73. The molecule has 0 radical (unpaired) electrons. The van der Waals surface area contributed by atoms with E-state index in [1.54, 1.807) is 54.6 Å². The van der Waals surface area contributed by atoms with Gasteiger partial charge in [0.2, 0.25) is 0 Å². The highest BCUT2D eigenvalue weighted by Crippen LogP contribution is 2.18. The van der Waals surface area contributed by atoms with Gasteiger partial charge in [-0.15, -0.1) is 0 Å². The van der Waals surface area contributed by atoms with Crippen LogP contribution in [0.25, 0.3) is 6.08 Å². The quantitative estimate of drug-likeness (QED) is 0.501. The summed E-state index contributed by atoms with van der Waals surface area (Å²) in [6.45, 7) is 0.386. The third-order valence-corrected chi connectivity index (χ3v) is 4.53. The first kappa shape index (κ1) is 20.4. The van der Waals surface area contributed by atoms with E-state index in [1.165, 1.54) is 6.08 Å². The minimum Gasteiger partial charge on any atom is -0.489 e. The van der Waals surface area contributed by atoms with Crippen LogP contribution in [-0.4, -0.2) is 17.0 Å². The van der Waals surface area contributed by atoms with E-state index in [1.807, 2.05) is 24.3 Å². The number of carboxylic acid groups (broad SMARTS) is 1. The minimum absolute atomic E-state index is 0.219. The van der Waals surface area contributed by atoms with Crippen LogP contribution in [0.15, 0.2) is 89.0 Å². The van der Waals surface area contributed by atoms with Crippen LogP contribution in [-0.2, 0) is 11.4 Å². The Hall–Kier alpha value is -3.38. The predicted octanol–water partition coefficient (Wildman–Crippen LogP) is 4.88. The molecule has 0 aliphatic heterocycles. The van der Waals surface area contributed by atoms with Crippen LogP contribution < -0.4 is 10.1 Å². The molecule has 3 aromatic carbocycles. The molecule has 0 heterocycles. The van der Waals surface area contributed by atoms with Crippen molar-refractivity contribution in [2.75, 3.05) is 0 Å². The molecule has 5 nitrogen and oxygen atoms in total. The van der Waals surface area contributed by atoms with Crippen LogP contribution in [0, 0.1) is 0 Å². The largest absolute Gasteiger partial charge is 0.489 e. The lowest BCUT2D eigenvalue weighted by molar-refractivity contribution is -0.132. The van der Waals surface area contributed by atoms with Crippen LogP contribution in [0.3, 0.4) is 0 Å². The molecule has 0 saturated heterocycles. The van der Waals surface area contributed by atoms with E-state index in [9.17, 15) is 14.7 Å². The number of amides is 1. The molecular formula is C23H18BrNO4. The van der Waals surface area contributed by atoms with Gasteiger partial charge in [0.05, 0.1) is 0 Å². The Morgan fingerprint density at radius 3 is 2.38 bits per heavy atom. The number of carboxylic acids is 1. The summed E-state index contributed by atoms with van der Waals surface area (Å²) in [5.74, 6) is -1.11. The van der Waals surface area contributed by atoms with Gasteiger partial charge in [0.25, 0.3) is 5.91 Å². The summed E-state index contributed by atoms with van der Waals surface area (Å²) in [6.07, 6.45) is 1.40. The fourth-order valence-corrected chi connectivity index (χ4v) is 2.81. The zero-order chi connectivity index (χ0) is 20.6. The first-order valence-corrected chi connectivity index (χ1v) is 9.59. The van der Waals surface area contributed by atoms with Crippen molar-refractivity contribution in [3.8, 4) is 5.75 Å². The van der Waals surface area contributed by atoms with Crippen molar-refractivity contribution >= 4 is 33.9 Å². The summed E-state index contributed by atoms with van der Waals surface area (Å²) in [6, 6.07) is 23.2. The Kier molecular flexibility index (Phi) is 6.81. The number of carbonyl (C=O) groups excluding carboxylic acids is 1. The molecule has 3 aromatic rings. The zero-order valence-electron chi connectivity index (χ0n) is 15.3. The predicted molar refractivity (Wildman–Crippen MR) is 114 cm³/mol. The lowest BCUT2D eigenvalue weighted by Gasteiger charge is -2.09. The van der Waals surface area contributed by atoms with Crippen LogP contribution in [0.2, 0.25) is 0 Å². The molecule has 0 bridgehead atoms. The number of ether oxygens (including phenoxy) is 1. The van der Waals surface area contributed by atoms with Crippen LogP contribution in [0.4, 0.5) is 0 Å². The fraction of sp³-hybridized carbons (Fsp3) is 0.0435. The lowest BCUT2D eigenvalue weighted by Crippen LogP contribution is -2.27. The van der Waals surface area contributed by atoms with E-state index < -0.39 is 11.9 Å². The summed E-state index contributed by atoms with van der Waals surface area (Å²) >= 11 is 3.39. The standard InChI is InChI=1S/C23H18BrNO4/c24-19-11-9-16(10-12-19)15-29-20-8-4-5-17(13-20)14-21(23(27)28)25-22(26)18-6-2-1-3-7-18/h1-14H,15H2,(H,25,26)(H,27,28)/b21-14+. The van der Waals surface area contributed by atoms with Crippen molar-refractivity contribution in [1.82, 2.24) is 5.32 Å². The molecule has 146 valence electrons. The average molecular weight is 452 g/mol. The Labute approximate surface area is 176 Å². The second-order valence-corrected chi connectivity index (χ2v) is 7.09. The van der Waals surface area contributed by atoms with Gasteiger partial charge in [0.1, 0.15) is 18.1 Å². The summed E-state index contributed by atoms with van der Waals surface area (Å²) in [4.78, 5) is 23.8. The normalized spacial score (nSPS) is 11.0. The minimum atomic E-state index is -1.23. The first-order valence-electron chi connectivity index (χ1n) is 8.80. The highest BCUT2D eigenvalue weighted by atomic mass is 79.9. The van der Waals surface area contributed by atoms with E-state index in [0.29, 0.717) is 23.5 Å². The van der Waals surface area contributed by atoms with Gasteiger partial charge in [0.15, 0.2) is 0 Å². The Balaban J connectivity index is 1.72. The molecule has 2 N–H and O–H groups in total. The van der Waals surface area contributed by atoms with Gasteiger partial charge in [-0.05, 0) is 53.6 Å². The highest BCUT2D eigenvalue weighted by Gasteiger charge is 2.13. The van der Waals surface area contributed by atoms with Crippen molar-refractivity contribution in [2.45, 2.75) is 6.61 Å². The van der Waals surface area contributed by atoms with Crippen LogP contribution in [0.1, 0.15) is 21.5 Å². The summed E-state index contributed by atoms with van der Waals surface area (Å²) in [5, 5.41) is 11.9. The van der Waals surface area contributed by atoms with Gasteiger partial charge in [-0.2, -0.15) is 0 Å².